The maximum absolute atomic E-state index is 12.3. The number of piperidine rings is 1. The molecule has 1 aliphatic heterocycles. The Bertz CT molecular complexity index is 630. The van der Waals surface area contributed by atoms with Gasteiger partial charge in [0.1, 0.15) is 0 Å². The fourth-order valence-electron chi connectivity index (χ4n) is 2.87. The molecule has 1 unspecified atom stereocenters. The van der Waals surface area contributed by atoms with E-state index in [4.69, 9.17) is 4.74 Å². The molecule has 2 rings (SSSR count). The van der Waals surface area contributed by atoms with E-state index in [2.05, 4.69) is 10.6 Å². The number of rotatable bonds is 6. The third-order valence-electron chi connectivity index (χ3n) is 4.37. The maximum atomic E-state index is 12.3. The fraction of sp³-hybridized carbons (Fsp3) is 0.526. The minimum absolute atomic E-state index is 0.0880. The van der Waals surface area contributed by atoms with Crippen LogP contribution in [0.25, 0.3) is 0 Å². The summed E-state index contributed by atoms with van der Waals surface area (Å²) in [6.45, 7) is 5.37. The average Bonchev–Trinajstić information content (AvgIpc) is 2.66. The molecule has 1 aliphatic rings. The van der Waals surface area contributed by atoms with Crippen LogP contribution >= 0.6 is 0 Å². The van der Waals surface area contributed by atoms with Crippen LogP contribution in [0, 0.1) is 12.8 Å². The number of nitrogens with one attached hydrogen (secondary N) is 2. The molecule has 0 bridgehead atoms. The lowest BCUT2D eigenvalue weighted by Crippen LogP contribution is -2.48. The summed E-state index contributed by atoms with van der Waals surface area (Å²) in [5, 5.41) is 5.30. The molecule has 1 aromatic carbocycles. The highest BCUT2D eigenvalue weighted by molar-refractivity contribution is 5.84. The van der Waals surface area contributed by atoms with Gasteiger partial charge in [0, 0.05) is 19.6 Å². The predicted molar refractivity (Wildman–Crippen MR) is 97.4 cm³/mol. The van der Waals surface area contributed by atoms with Crippen LogP contribution in [0.3, 0.4) is 0 Å². The predicted octanol–water partition coefficient (Wildman–Crippen LogP) is 1.60. The number of nitrogens with zero attached hydrogens (tertiary/aromatic N) is 1. The van der Waals surface area contributed by atoms with Crippen LogP contribution in [0.1, 0.15) is 30.9 Å². The molecule has 26 heavy (non-hydrogen) atoms. The molecular formula is C19H27N3O4. The molecule has 7 nitrogen and oxygen atoms in total. The molecule has 0 aromatic heterocycles. The Morgan fingerprint density at radius 1 is 1.19 bits per heavy atom. The molecule has 0 aliphatic carbocycles. The van der Waals surface area contributed by atoms with Crippen LogP contribution in [0.2, 0.25) is 0 Å². The molecule has 0 radical (unpaired) electrons. The molecule has 0 saturated carbocycles. The summed E-state index contributed by atoms with van der Waals surface area (Å²) >= 11 is 0. The maximum Gasteiger partial charge on any atom is 0.315 e. The number of ether oxygens (including phenoxy) is 1. The van der Waals surface area contributed by atoms with Gasteiger partial charge in [-0.25, -0.2) is 4.79 Å². The Hall–Kier alpha value is -2.57. The zero-order valence-corrected chi connectivity index (χ0v) is 15.4. The molecule has 1 fully saturated rings. The van der Waals surface area contributed by atoms with Crippen LogP contribution in [-0.2, 0) is 20.9 Å². The van der Waals surface area contributed by atoms with Gasteiger partial charge in [-0.2, -0.15) is 0 Å². The minimum Gasteiger partial charge on any atom is -0.466 e. The van der Waals surface area contributed by atoms with Crippen molar-refractivity contribution in [1.29, 1.82) is 0 Å². The van der Waals surface area contributed by atoms with E-state index in [0.717, 1.165) is 24.0 Å². The van der Waals surface area contributed by atoms with Crippen LogP contribution < -0.4 is 10.6 Å². The smallest absolute Gasteiger partial charge is 0.315 e. The molecule has 0 spiro atoms. The van der Waals surface area contributed by atoms with E-state index < -0.39 is 6.03 Å². The number of esters is 1. The first-order valence-corrected chi connectivity index (χ1v) is 9.01. The molecule has 1 heterocycles. The monoisotopic (exact) mass is 361 g/mol. The number of hydrogen-bond donors (Lipinski definition) is 2. The third kappa shape index (κ3) is 6.06. The second-order valence-corrected chi connectivity index (χ2v) is 6.45. The van der Waals surface area contributed by atoms with Gasteiger partial charge >= 0.3 is 12.0 Å². The third-order valence-corrected chi connectivity index (χ3v) is 4.37. The highest BCUT2D eigenvalue weighted by Gasteiger charge is 2.29. The second-order valence-electron chi connectivity index (χ2n) is 6.45. The van der Waals surface area contributed by atoms with E-state index in [1.54, 1.807) is 11.8 Å². The summed E-state index contributed by atoms with van der Waals surface area (Å²) in [7, 11) is 0. The van der Waals surface area contributed by atoms with Crippen LogP contribution in [0.4, 0.5) is 4.79 Å². The van der Waals surface area contributed by atoms with Gasteiger partial charge in [0.05, 0.1) is 19.1 Å². The zero-order valence-electron chi connectivity index (χ0n) is 15.4. The number of carbonyl (C=O) groups is 3. The molecule has 2 N–H and O–H groups in total. The molecule has 142 valence electrons. The minimum atomic E-state index is -0.391. The van der Waals surface area contributed by atoms with Crippen molar-refractivity contribution in [3.05, 3.63) is 35.4 Å². The van der Waals surface area contributed by atoms with Gasteiger partial charge in [-0.1, -0.05) is 29.8 Å². The highest BCUT2D eigenvalue weighted by Crippen LogP contribution is 2.17. The molecule has 3 amide bonds. The van der Waals surface area contributed by atoms with E-state index in [9.17, 15) is 14.4 Å². The van der Waals surface area contributed by atoms with Gasteiger partial charge in [-0.15, -0.1) is 0 Å². The molecule has 1 atom stereocenters. The van der Waals surface area contributed by atoms with Crippen molar-refractivity contribution in [2.24, 2.45) is 5.92 Å². The largest absolute Gasteiger partial charge is 0.466 e. The number of benzene rings is 1. The van der Waals surface area contributed by atoms with Gasteiger partial charge in [0.15, 0.2) is 0 Å². The van der Waals surface area contributed by atoms with Gasteiger partial charge in [0.25, 0.3) is 0 Å². The molecule has 1 aromatic rings. The molecule has 1 saturated heterocycles. The van der Waals surface area contributed by atoms with Crippen LogP contribution in [0.5, 0.6) is 0 Å². The van der Waals surface area contributed by atoms with Crippen molar-refractivity contribution in [1.82, 2.24) is 15.5 Å². The van der Waals surface area contributed by atoms with E-state index in [0.29, 0.717) is 26.2 Å². The van der Waals surface area contributed by atoms with Crippen LogP contribution in [-0.4, -0.2) is 49.0 Å². The van der Waals surface area contributed by atoms with E-state index in [1.165, 1.54) is 0 Å². The summed E-state index contributed by atoms with van der Waals surface area (Å²) in [4.78, 5) is 37.6. The number of likely N-dealkylation sites (tertiary alicyclic amines) is 1. The van der Waals surface area contributed by atoms with Gasteiger partial charge in [0.2, 0.25) is 5.91 Å². The topological polar surface area (TPSA) is 87.7 Å². The normalized spacial score (nSPS) is 16.7. The van der Waals surface area contributed by atoms with Crippen LogP contribution in [0.15, 0.2) is 24.3 Å². The summed E-state index contributed by atoms with van der Waals surface area (Å²) in [5.74, 6) is -0.721. The van der Waals surface area contributed by atoms with E-state index in [-0.39, 0.29) is 24.3 Å². The number of amides is 3. The molecular weight excluding hydrogens is 334 g/mol. The van der Waals surface area contributed by atoms with Crippen molar-refractivity contribution in [3.63, 3.8) is 0 Å². The summed E-state index contributed by atoms with van der Waals surface area (Å²) in [6.07, 6.45) is 1.49. The quantitative estimate of drug-likeness (QED) is 0.754. The van der Waals surface area contributed by atoms with Crippen molar-refractivity contribution in [2.75, 3.05) is 26.2 Å². The van der Waals surface area contributed by atoms with Crippen molar-refractivity contribution >= 4 is 17.9 Å². The lowest BCUT2D eigenvalue weighted by Gasteiger charge is -2.31. The summed E-state index contributed by atoms with van der Waals surface area (Å²) in [5.41, 5.74) is 2.15. The SMILES string of the molecule is CCOC(=O)C1CCCN(C(=O)CNC(=O)NCc2ccc(C)cc2)C1. The number of carbonyl (C=O) groups excluding carboxylic acids is 3. The Kier molecular flexibility index (Phi) is 7.44. The second kappa shape index (κ2) is 9.79. The van der Waals surface area contributed by atoms with Gasteiger partial charge < -0.3 is 20.3 Å². The standard InChI is InChI=1S/C19H27N3O4/c1-3-26-18(24)16-5-4-10-22(13-16)17(23)12-21-19(25)20-11-15-8-6-14(2)7-9-15/h6-9,16H,3-5,10-13H2,1-2H3,(H2,20,21,25). The highest BCUT2D eigenvalue weighted by atomic mass is 16.5. The summed E-state index contributed by atoms with van der Waals surface area (Å²) in [6, 6.07) is 7.47. The number of aryl methyl sites for hydroxylation is 1. The first kappa shape index (κ1) is 19.8. The number of urea groups is 1. The Labute approximate surface area is 154 Å². The first-order chi connectivity index (χ1) is 12.5. The van der Waals surface area contributed by atoms with E-state index >= 15 is 0 Å². The fourth-order valence-corrected chi connectivity index (χ4v) is 2.87. The van der Waals surface area contributed by atoms with Crippen molar-refractivity contribution in [2.45, 2.75) is 33.2 Å². The zero-order chi connectivity index (χ0) is 18.9. The average molecular weight is 361 g/mol. The number of hydrogen-bond acceptors (Lipinski definition) is 4. The Morgan fingerprint density at radius 3 is 2.62 bits per heavy atom. The van der Waals surface area contributed by atoms with Gasteiger partial charge in [-0.3, -0.25) is 9.59 Å². The van der Waals surface area contributed by atoms with Gasteiger partial charge in [-0.05, 0) is 32.3 Å². The Morgan fingerprint density at radius 2 is 1.92 bits per heavy atom. The Balaban J connectivity index is 1.72. The lowest BCUT2D eigenvalue weighted by atomic mass is 9.98. The van der Waals surface area contributed by atoms with Crippen molar-refractivity contribution in [3.8, 4) is 0 Å². The summed E-state index contributed by atoms with van der Waals surface area (Å²) < 4.78 is 5.03. The van der Waals surface area contributed by atoms with E-state index in [1.807, 2.05) is 31.2 Å². The lowest BCUT2D eigenvalue weighted by molar-refractivity contribution is -0.151. The van der Waals surface area contributed by atoms with Crippen molar-refractivity contribution < 1.29 is 19.1 Å². The molecule has 7 heteroatoms. The first-order valence-electron chi connectivity index (χ1n) is 9.01.